The van der Waals surface area contributed by atoms with Gasteiger partial charge in [-0.25, -0.2) is 4.98 Å². The maximum Gasteiger partial charge on any atom is 0.334 e. The number of hydrogen-bond acceptors (Lipinski definition) is 11. The quantitative estimate of drug-likeness (QED) is 0.0380. The Labute approximate surface area is 434 Å². The lowest BCUT2D eigenvalue weighted by Crippen LogP contribution is -2.34. The van der Waals surface area contributed by atoms with Gasteiger partial charge < -0.3 is 34.3 Å². The summed E-state index contributed by atoms with van der Waals surface area (Å²) in [5.74, 6) is 2.61. The van der Waals surface area contributed by atoms with Crippen LogP contribution in [0.1, 0.15) is 68.5 Å². The molecule has 17 nitrogen and oxygen atoms in total. The highest BCUT2D eigenvalue weighted by Gasteiger charge is 2.28. The van der Waals surface area contributed by atoms with Gasteiger partial charge in [-0.2, -0.15) is 19.7 Å². The smallest absolute Gasteiger partial charge is 0.334 e. The molecule has 0 radical (unpaired) electrons. The fourth-order valence-corrected chi connectivity index (χ4v) is 10.4. The van der Waals surface area contributed by atoms with Crippen molar-refractivity contribution in [1.29, 1.82) is 0 Å². The molecule has 7 N–H and O–H groups in total. The van der Waals surface area contributed by atoms with Crippen molar-refractivity contribution < 1.29 is 29.7 Å². The van der Waals surface area contributed by atoms with Gasteiger partial charge in [-0.15, -0.1) is 0 Å². The van der Waals surface area contributed by atoms with Gasteiger partial charge in [-0.05, 0) is 172 Å². The van der Waals surface area contributed by atoms with Crippen molar-refractivity contribution in [2.24, 2.45) is 0 Å². The molecule has 5 aromatic carbocycles. The number of rotatable bonds is 15. The van der Waals surface area contributed by atoms with E-state index < -0.39 is 0 Å². The Bertz CT molecular complexity index is 3980. The number of phenolic OH excluding ortho intramolecular Hbond substituents is 4. The highest BCUT2D eigenvalue weighted by Crippen LogP contribution is 2.39. The molecule has 0 bridgehead atoms. The van der Waals surface area contributed by atoms with E-state index in [0.717, 1.165) is 55.5 Å². The van der Waals surface area contributed by atoms with Crippen molar-refractivity contribution in [2.75, 3.05) is 0 Å². The number of benzene rings is 5. The predicted octanol–water partition coefficient (Wildman–Crippen LogP) is 11.1. The third-order valence-electron chi connectivity index (χ3n) is 13.6. The molecule has 0 atom stereocenters. The van der Waals surface area contributed by atoms with Crippen LogP contribution in [0.15, 0.2) is 85.3 Å². The van der Waals surface area contributed by atoms with Crippen LogP contribution >= 0.6 is 36.7 Å². The van der Waals surface area contributed by atoms with E-state index in [4.69, 9.17) is 46.4 Å². The number of imidazole rings is 1. The van der Waals surface area contributed by atoms with Gasteiger partial charge in [0.05, 0.1) is 35.2 Å². The van der Waals surface area contributed by atoms with E-state index >= 15 is 0 Å². The van der Waals surface area contributed by atoms with Gasteiger partial charge in [0.2, 0.25) is 11.5 Å². The first-order valence-corrected chi connectivity index (χ1v) is 25.3. The Hall–Kier alpha value is -7.81. The van der Waals surface area contributed by atoms with Crippen molar-refractivity contribution in [1.82, 2.24) is 53.4 Å². The van der Waals surface area contributed by atoms with Gasteiger partial charge in [-0.3, -0.25) is 19.4 Å². The molecule has 73 heavy (non-hydrogen) atoms. The molecule has 0 aliphatic heterocycles. The molecular formula is C53H55N12O5S3+. The molecule has 0 aliphatic rings. The third-order valence-corrected chi connectivity index (χ3v) is 14.6. The van der Waals surface area contributed by atoms with Crippen LogP contribution in [-0.4, -0.2) is 73.9 Å². The second kappa shape index (κ2) is 19.3. The van der Waals surface area contributed by atoms with Crippen LogP contribution in [0.3, 0.4) is 0 Å². The number of nitrogens with one attached hydrogen (secondary N) is 3. The number of ether oxygens (including phenoxy) is 1. The molecule has 10 aromatic rings. The lowest BCUT2D eigenvalue weighted by molar-refractivity contribution is -0.590. The summed E-state index contributed by atoms with van der Waals surface area (Å²) >= 11 is 17.9. The minimum Gasteiger partial charge on any atom is -0.508 e. The summed E-state index contributed by atoms with van der Waals surface area (Å²) in [6.45, 7) is 14.9. The zero-order valence-corrected chi connectivity index (χ0v) is 43.8. The fraction of sp³-hybridized carbons (Fsp3) is 0.264. The van der Waals surface area contributed by atoms with E-state index in [9.17, 15) is 20.4 Å². The zero-order valence-electron chi connectivity index (χ0n) is 41.3. The molecule has 10 rings (SSSR count). The van der Waals surface area contributed by atoms with Gasteiger partial charge in [-0.1, -0.05) is 31.5 Å². The minimum atomic E-state index is -0.146. The Balaban J connectivity index is 1.03. The summed E-state index contributed by atoms with van der Waals surface area (Å²) < 4.78 is 19.4. The second-order valence-corrected chi connectivity index (χ2v) is 19.5. The molecule has 20 heteroatoms. The van der Waals surface area contributed by atoms with E-state index in [1.165, 1.54) is 6.07 Å². The summed E-state index contributed by atoms with van der Waals surface area (Å²) in [5.41, 5.74) is 9.91. The Morgan fingerprint density at radius 1 is 0.740 bits per heavy atom. The van der Waals surface area contributed by atoms with Gasteiger partial charge in [0.15, 0.2) is 16.4 Å². The second-order valence-electron chi connectivity index (χ2n) is 18.4. The van der Waals surface area contributed by atoms with Crippen LogP contribution in [0.5, 0.6) is 28.7 Å². The van der Waals surface area contributed by atoms with Crippen molar-refractivity contribution in [3.8, 4) is 74.3 Å². The number of nitrogens with zero attached hydrogens (tertiary/aromatic N) is 9. The SMILES string of the molecule is CCc1cc(-c2nc(=S)n(CCn3cnc4c(-[n+]5c(-c6cc(CC)c(O)cc6O)[nH]n(COc6ccc(-n7c(-c8cc(CC)c(O)cc8C)n[nH]c7=S)c7ccn(C(C)C)c67)c5=S)cccc43)[nH]2)c(C)cc1O. The number of aromatic hydroxyl groups is 4. The van der Waals surface area contributed by atoms with Gasteiger partial charge in [0.1, 0.15) is 40.0 Å². The highest BCUT2D eigenvalue weighted by atomic mass is 32.1. The first kappa shape index (κ1) is 48.8. The summed E-state index contributed by atoms with van der Waals surface area (Å²) in [5, 5.41) is 58.7. The number of H-pyrrole nitrogens is 3. The predicted molar refractivity (Wildman–Crippen MR) is 288 cm³/mol. The average Bonchev–Trinajstić information content (AvgIpc) is 4.21. The molecule has 0 aliphatic carbocycles. The van der Waals surface area contributed by atoms with Crippen LogP contribution in [0.2, 0.25) is 0 Å². The lowest BCUT2D eigenvalue weighted by atomic mass is 10.0. The summed E-state index contributed by atoms with van der Waals surface area (Å²) in [6, 6.07) is 22.4. The number of aromatic nitrogens is 12. The molecule has 0 saturated heterocycles. The molecular weight excluding hydrogens is 981 g/mol. The van der Waals surface area contributed by atoms with E-state index in [2.05, 4.69) is 43.8 Å². The Morgan fingerprint density at radius 2 is 1.41 bits per heavy atom. The van der Waals surface area contributed by atoms with E-state index in [0.29, 0.717) is 92.2 Å². The summed E-state index contributed by atoms with van der Waals surface area (Å²) in [4.78, 5) is 9.60. The topological polar surface area (TPSA) is 205 Å². The monoisotopic (exact) mass is 1040 g/mol. The fourth-order valence-electron chi connectivity index (χ4n) is 9.65. The largest absolute Gasteiger partial charge is 0.508 e. The minimum absolute atomic E-state index is 0.0145. The van der Waals surface area contributed by atoms with E-state index in [1.807, 2.05) is 108 Å². The molecule has 5 heterocycles. The van der Waals surface area contributed by atoms with Crippen LogP contribution in [0.25, 0.3) is 67.5 Å². The molecule has 0 unspecified atom stereocenters. The number of phenols is 4. The standard InChI is InChI=1S/C53H54N12O5S3/c1-8-31-22-35(29(6)20-41(31)66)48-55-51(71)62(58-48)19-18-60-26-54-46-39(60)12-11-13-40(46)65-50(37-24-33(10-3)43(68)25-44(37)69)59-63(53(65)73)27-70-45-15-14-38(34-16-17-61(28(4)5)47(34)45)64-49(56-57-52(64)72)36-23-32(9-2)42(67)21-30(36)7/h11-17,20-26,28H,8-10,18-19,27H2,1-7H3,(H6,55,56,57,58,59,66,67,68,69,71,72)/p+1. The van der Waals surface area contributed by atoms with Crippen LogP contribution in [0.4, 0.5) is 0 Å². The van der Waals surface area contributed by atoms with Crippen molar-refractivity contribution in [2.45, 2.75) is 93.6 Å². The number of fused-ring (bicyclic) bond motifs is 2. The highest BCUT2D eigenvalue weighted by molar-refractivity contribution is 7.71. The van der Waals surface area contributed by atoms with Gasteiger partial charge in [0.25, 0.3) is 5.82 Å². The first-order valence-electron chi connectivity index (χ1n) is 24.1. The maximum atomic E-state index is 11.5. The molecule has 5 aromatic heterocycles. The number of para-hydroxylation sites is 1. The molecule has 0 amide bonds. The average molecular weight is 1040 g/mol. The van der Waals surface area contributed by atoms with Crippen molar-refractivity contribution in [3.05, 3.63) is 127 Å². The molecule has 374 valence electrons. The number of aryl methyl sites for hydroxylation is 7. The third kappa shape index (κ3) is 8.57. The lowest BCUT2D eigenvalue weighted by Gasteiger charge is -2.16. The van der Waals surface area contributed by atoms with Crippen molar-refractivity contribution in [3.63, 3.8) is 0 Å². The first-order chi connectivity index (χ1) is 35.1. The zero-order chi connectivity index (χ0) is 51.6. The summed E-state index contributed by atoms with van der Waals surface area (Å²) in [7, 11) is 0. The van der Waals surface area contributed by atoms with Crippen LogP contribution in [-0.2, 0) is 39.1 Å². The van der Waals surface area contributed by atoms with E-state index in [1.54, 1.807) is 29.2 Å². The normalized spacial score (nSPS) is 11.8. The van der Waals surface area contributed by atoms with Gasteiger partial charge in [0, 0.05) is 41.4 Å². The molecule has 0 saturated carbocycles. The number of hydrogen-bond donors (Lipinski definition) is 7. The molecule has 0 fully saturated rings. The molecule has 0 spiro atoms. The van der Waals surface area contributed by atoms with Crippen LogP contribution < -0.4 is 9.30 Å². The number of aromatic amines is 3. The Morgan fingerprint density at radius 3 is 2.11 bits per heavy atom. The van der Waals surface area contributed by atoms with Gasteiger partial charge >= 0.3 is 4.77 Å². The van der Waals surface area contributed by atoms with Crippen molar-refractivity contribution >= 4 is 58.6 Å². The van der Waals surface area contributed by atoms with Crippen LogP contribution in [0, 0.1) is 28.2 Å². The summed E-state index contributed by atoms with van der Waals surface area (Å²) in [6.07, 6.45) is 5.65. The van der Waals surface area contributed by atoms with E-state index in [-0.39, 0.29) is 35.8 Å². The Kier molecular flexibility index (Phi) is 12.9. The maximum absolute atomic E-state index is 11.5.